The predicted octanol–water partition coefficient (Wildman–Crippen LogP) is 4.60. The van der Waals surface area contributed by atoms with Gasteiger partial charge in [-0.3, -0.25) is 4.79 Å². The zero-order valence-electron chi connectivity index (χ0n) is 23.7. The Labute approximate surface area is 242 Å². The highest BCUT2D eigenvalue weighted by atomic mass is 16.5. The Morgan fingerprint density at radius 3 is 2.62 bits per heavy atom. The molecule has 4 heterocycles. The summed E-state index contributed by atoms with van der Waals surface area (Å²) in [6, 6.07) is 13.6. The molecule has 2 aromatic heterocycles. The standard InChI is InChI=1S/C31H32N6O5/c1-31(2,3)26-28(38)37-17-20(16-23(37)29(39)40)41-27-25(32-21-12-5-6-13-22(21)33-27)19-11-8-10-18(15-19)9-4-7-14-24-35-36-30(34-26)42-24/h4-6,8-13,15,20,23,26H,7,14,16-17H2,1-3H3,(H,34,36)(H,39,40)/b9-4+/t20?,23-,26+/m0/s1. The molecule has 1 fully saturated rings. The third-order valence-electron chi connectivity index (χ3n) is 7.49. The largest absolute Gasteiger partial charge is 0.480 e. The first-order valence-corrected chi connectivity index (χ1v) is 14.0. The van der Waals surface area contributed by atoms with Crippen molar-refractivity contribution in [3.8, 4) is 17.1 Å². The van der Waals surface area contributed by atoms with Gasteiger partial charge in [0.1, 0.15) is 23.9 Å². The molecule has 4 aromatic rings. The van der Waals surface area contributed by atoms with Gasteiger partial charge < -0.3 is 24.5 Å². The lowest BCUT2D eigenvalue weighted by Gasteiger charge is -2.34. The Balaban J connectivity index is 1.45. The van der Waals surface area contributed by atoms with Gasteiger partial charge in [-0.1, -0.05) is 68.4 Å². The number of fused-ring (bicyclic) bond motifs is 9. The summed E-state index contributed by atoms with van der Waals surface area (Å²) >= 11 is 0. The normalized spacial score (nSPS) is 21.8. The molecule has 11 heteroatoms. The number of aryl methyl sites for hydroxylation is 1. The van der Waals surface area contributed by atoms with Gasteiger partial charge in [0.2, 0.25) is 17.7 Å². The van der Waals surface area contributed by atoms with E-state index in [1.165, 1.54) is 4.90 Å². The lowest BCUT2D eigenvalue weighted by molar-refractivity contribution is -0.149. The number of aliphatic carboxylic acids is 1. The molecule has 6 bridgehead atoms. The van der Waals surface area contributed by atoms with Crippen molar-refractivity contribution in [1.29, 1.82) is 0 Å². The molecule has 0 aliphatic carbocycles. The Hall–Kier alpha value is -4.80. The molecule has 6 rings (SSSR count). The van der Waals surface area contributed by atoms with Gasteiger partial charge in [-0.15, -0.1) is 5.10 Å². The number of ether oxygens (including phenoxy) is 1. The molecule has 11 nitrogen and oxygen atoms in total. The van der Waals surface area contributed by atoms with E-state index in [1.54, 1.807) is 0 Å². The maximum Gasteiger partial charge on any atom is 0.326 e. The summed E-state index contributed by atoms with van der Waals surface area (Å²) in [6.45, 7) is 5.75. The lowest BCUT2D eigenvalue weighted by atomic mass is 9.85. The number of carbonyl (C=O) groups excluding carboxylic acids is 1. The van der Waals surface area contributed by atoms with E-state index in [0.29, 0.717) is 41.3 Å². The number of carboxylic acids is 1. The monoisotopic (exact) mass is 568 g/mol. The van der Waals surface area contributed by atoms with Gasteiger partial charge in [-0.05, 0) is 35.6 Å². The number of anilines is 1. The Morgan fingerprint density at radius 2 is 1.86 bits per heavy atom. The van der Waals surface area contributed by atoms with Gasteiger partial charge >= 0.3 is 12.0 Å². The number of hydrogen-bond acceptors (Lipinski definition) is 9. The van der Waals surface area contributed by atoms with E-state index >= 15 is 0 Å². The molecular weight excluding hydrogens is 536 g/mol. The fourth-order valence-corrected chi connectivity index (χ4v) is 5.34. The van der Waals surface area contributed by atoms with Gasteiger partial charge in [0, 0.05) is 18.4 Å². The van der Waals surface area contributed by atoms with Gasteiger partial charge in [0.05, 0.1) is 17.6 Å². The summed E-state index contributed by atoms with van der Waals surface area (Å²) in [5.41, 5.74) is 3.09. The molecule has 1 amide bonds. The maximum atomic E-state index is 14.0. The summed E-state index contributed by atoms with van der Waals surface area (Å²) in [5.74, 6) is -0.768. The first-order valence-electron chi connectivity index (χ1n) is 14.0. The molecule has 216 valence electrons. The highest BCUT2D eigenvalue weighted by molar-refractivity contribution is 5.90. The van der Waals surface area contributed by atoms with Crippen LogP contribution in [0.5, 0.6) is 5.88 Å². The van der Waals surface area contributed by atoms with Crippen LogP contribution in [-0.4, -0.2) is 66.8 Å². The number of nitrogens with zero attached hydrogens (tertiary/aromatic N) is 5. The van der Waals surface area contributed by atoms with Crippen LogP contribution in [-0.2, 0) is 16.0 Å². The van der Waals surface area contributed by atoms with Crippen LogP contribution in [0.15, 0.2) is 59.0 Å². The average molecular weight is 569 g/mol. The van der Waals surface area contributed by atoms with Crippen molar-refractivity contribution < 1.29 is 23.8 Å². The fourth-order valence-electron chi connectivity index (χ4n) is 5.34. The van der Waals surface area contributed by atoms with Crippen LogP contribution in [0.3, 0.4) is 0 Å². The van der Waals surface area contributed by atoms with E-state index in [9.17, 15) is 14.7 Å². The van der Waals surface area contributed by atoms with Crippen molar-refractivity contribution in [3.63, 3.8) is 0 Å². The van der Waals surface area contributed by atoms with Gasteiger partial charge in [-0.2, -0.15) is 0 Å². The zero-order valence-corrected chi connectivity index (χ0v) is 23.7. The molecule has 3 atom stereocenters. The topological polar surface area (TPSA) is 144 Å². The first-order chi connectivity index (χ1) is 20.2. The molecule has 0 spiro atoms. The van der Waals surface area contributed by atoms with E-state index < -0.39 is 29.6 Å². The van der Waals surface area contributed by atoms with Crippen molar-refractivity contribution >= 4 is 35.0 Å². The Bertz CT molecular complexity index is 1680. The van der Waals surface area contributed by atoms with Crippen molar-refractivity contribution in [1.82, 2.24) is 25.1 Å². The van der Waals surface area contributed by atoms with E-state index in [1.807, 2.05) is 81.5 Å². The van der Waals surface area contributed by atoms with Gasteiger partial charge in [0.25, 0.3) is 0 Å². The third kappa shape index (κ3) is 5.54. The molecule has 42 heavy (non-hydrogen) atoms. The van der Waals surface area contributed by atoms with Crippen LogP contribution in [0, 0.1) is 5.41 Å². The minimum absolute atomic E-state index is 0.0653. The number of amides is 1. The second-order valence-electron chi connectivity index (χ2n) is 11.7. The fraction of sp³-hybridized carbons (Fsp3) is 0.355. The summed E-state index contributed by atoms with van der Waals surface area (Å²) in [4.78, 5) is 37.4. The highest BCUT2D eigenvalue weighted by Crippen LogP contribution is 2.34. The minimum Gasteiger partial charge on any atom is -0.480 e. The number of benzene rings is 2. The molecule has 2 N–H and O–H groups in total. The first kappa shape index (κ1) is 27.4. The second kappa shape index (κ2) is 10.9. The summed E-state index contributed by atoms with van der Waals surface area (Å²) in [7, 11) is 0. The number of carboxylic acid groups (broad SMARTS) is 1. The van der Waals surface area contributed by atoms with E-state index in [0.717, 1.165) is 11.1 Å². The number of nitrogens with one attached hydrogen (secondary N) is 1. The molecule has 1 saturated heterocycles. The molecule has 2 aliphatic rings. The van der Waals surface area contributed by atoms with Crippen molar-refractivity contribution in [2.24, 2.45) is 5.41 Å². The number of allylic oxidation sites excluding steroid dienone is 1. The number of hydrogen-bond donors (Lipinski definition) is 2. The summed E-state index contributed by atoms with van der Waals surface area (Å²) in [5, 5.41) is 21.4. The number of rotatable bonds is 1. The van der Waals surface area contributed by atoms with E-state index in [2.05, 4.69) is 15.5 Å². The van der Waals surface area contributed by atoms with Crippen LogP contribution in [0.2, 0.25) is 0 Å². The zero-order chi connectivity index (χ0) is 29.4. The van der Waals surface area contributed by atoms with Crippen LogP contribution in [0.25, 0.3) is 28.4 Å². The van der Waals surface area contributed by atoms with Crippen LogP contribution < -0.4 is 10.1 Å². The highest BCUT2D eigenvalue weighted by Gasteiger charge is 2.46. The number of carbonyl (C=O) groups is 2. The number of aromatic nitrogens is 4. The Kier molecular flexibility index (Phi) is 7.09. The van der Waals surface area contributed by atoms with Crippen molar-refractivity contribution in [2.45, 2.75) is 58.2 Å². The van der Waals surface area contributed by atoms with Crippen molar-refractivity contribution in [3.05, 3.63) is 66.1 Å². The van der Waals surface area contributed by atoms with Gasteiger partial charge in [-0.25, -0.2) is 14.8 Å². The molecular formula is C31H32N6O5. The van der Waals surface area contributed by atoms with Crippen LogP contribution in [0.4, 0.5) is 6.01 Å². The van der Waals surface area contributed by atoms with Crippen LogP contribution in [0.1, 0.15) is 45.1 Å². The SMILES string of the molecule is CC(C)(C)[C@@H]1Nc2nnc(o2)CC/C=C/c2cccc(c2)-c2nc3ccccc3nc2OC2C[C@@H](C(=O)O)N(C2)C1=O. The summed E-state index contributed by atoms with van der Waals surface area (Å²) in [6.07, 6.45) is 4.70. The predicted molar refractivity (Wildman–Crippen MR) is 156 cm³/mol. The van der Waals surface area contributed by atoms with Crippen LogP contribution >= 0.6 is 0 Å². The molecule has 2 aromatic carbocycles. The van der Waals surface area contributed by atoms with E-state index in [-0.39, 0.29) is 24.9 Å². The number of para-hydroxylation sites is 2. The molecule has 2 aliphatic heterocycles. The third-order valence-corrected chi connectivity index (χ3v) is 7.49. The second-order valence-corrected chi connectivity index (χ2v) is 11.7. The van der Waals surface area contributed by atoms with E-state index in [4.69, 9.17) is 19.1 Å². The Morgan fingerprint density at radius 1 is 1.07 bits per heavy atom. The lowest BCUT2D eigenvalue weighted by Crippen LogP contribution is -2.52. The summed E-state index contributed by atoms with van der Waals surface area (Å²) < 4.78 is 12.2. The minimum atomic E-state index is -1.10. The smallest absolute Gasteiger partial charge is 0.326 e. The molecule has 1 unspecified atom stereocenters. The van der Waals surface area contributed by atoms with Crippen molar-refractivity contribution in [2.75, 3.05) is 11.9 Å². The average Bonchev–Trinajstić information content (AvgIpc) is 3.60. The quantitative estimate of drug-likeness (QED) is 0.334. The molecule has 0 saturated carbocycles. The maximum absolute atomic E-state index is 14.0. The van der Waals surface area contributed by atoms with Gasteiger partial charge in [0.15, 0.2) is 0 Å². The molecule has 0 radical (unpaired) electrons.